The van der Waals surface area contributed by atoms with Crippen LogP contribution < -0.4 is 0 Å². The van der Waals surface area contributed by atoms with Crippen molar-refractivity contribution >= 4 is 76.9 Å². The van der Waals surface area contributed by atoms with Crippen molar-refractivity contribution in [3.8, 4) is 0 Å². The number of aliphatic hydroxyl groups excluding tert-OH is 2. The summed E-state index contributed by atoms with van der Waals surface area (Å²) in [4.78, 5) is 145. The maximum absolute atomic E-state index is 11.8. The zero-order chi connectivity index (χ0) is 71.8. The molecular formula is C71H110O24. The van der Waals surface area contributed by atoms with E-state index in [9.17, 15) is 67.4 Å². The van der Waals surface area contributed by atoms with Gasteiger partial charge in [0.2, 0.25) is 0 Å². The van der Waals surface area contributed by atoms with Crippen LogP contribution in [-0.2, 0) is 105 Å². The molecule has 4 unspecified atom stereocenters. The van der Waals surface area contributed by atoms with Gasteiger partial charge in [-0.25, -0.2) is 0 Å². The van der Waals surface area contributed by atoms with Crippen molar-refractivity contribution in [2.75, 3.05) is 64.0 Å². The summed E-state index contributed by atoms with van der Waals surface area (Å²) < 4.78 is 41.4. The Morgan fingerprint density at radius 2 is 0.726 bits per heavy atom. The van der Waals surface area contributed by atoms with Crippen molar-refractivity contribution in [1.82, 2.24) is 0 Å². The fraction of sp³-hybridized carbons (Fsp3) is 0.704. The minimum Gasteiger partial charge on any atom is -0.469 e. The zero-order valence-electron chi connectivity index (χ0n) is 57.8. The Morgan fingerprint density at radius 3 is 1.09 bits per heavy atom. The Morgan fingerprint density at radius 1 is 0.379 bits per heavy atom. The third kappa shape index (κ3) is 37.0. The standard InChI is InChI=1S/C14H24O5.C14H20O5.2C11H16O3.C8H14O3.C8H12O3.C5H8O2/c2*1-18-13(16)6-4-3-5-10-9-11(14(17)19-2)7-8-12(10)15;2*1-3-4-8-7-9(11(13)14-2)5-6-10(8)12;2*1-11-8(10)6-2-4-7(9)5-3-6;1-3-4-5(6)7-2/h10-12,15H,3-9H2,1-2H3;3-4,10-11H,5-9H2,1-2H3;2*3,8-9H,1,4-7H2,2H3;6-7,9H,2-5H2,1H3;6H,2-5H2,1H3;3H,1,4H2,2H3/b;4-3+;;;;;/t10-,11+,12+;10-,11+;;;;;/m00...../s1. The minimum absolute atomic E-state index is 0.0228. The molecule has 6 saturated carbocycles. The number of ketones is 4. The van der Waals surface area contributed by atoms with Gasteiger partial charge >= 0.3 is 53.7 Å². The Bertz CT molecular complexity index is 2390. The summed E-state index contributed by atoms with van der Waals surface area (Å²) in [6.45, 7) is 10.6. The molecule has 6 aliphatic rings. The maximum atomic E-state index is 11.8. The summed E-state index contributed by atoms with van der Waals surface area (Å²) in [5, 5.41) is 19.1. The highest BCUT2D eigenvalue weighted by Gasteiger charge is 2.36. The van der Waals surface area contributed by atoms with Crippen molar-refractivity contribution < 1.29 is 115 Å². The lowest BCUT2D eigenvalue weighted by Crippen LogP contribution is -2.33. The van der Waals surface area contributed by atoms with E-state index in [-0.39, 0.29) is 155 Å². The van der Waals surface area contributed by atoms with Gasteiger partial charge in [-0.3, -0.25) is 62.3 Å². The van der Waals surface area contributed by atoms with E-state index in [0.717, 1.165) is 44.9 Å². The number of hydrogen-bond acceptors (Lipinski definition) is 24. The largest absolute Gasteiger partial charge is 0.469 e. The molecule has 0 amide bonds. The predicted octanol–water partition coefficient (Wildman–Crippen LogP) is 9.13. The fourth-order valence-electron chi connectivity index (χ4n) is 11.8. The Kier molecular flexibility index (Phi) is 48.1. The van der Waals surface area contributed by atoms with Crippen LogP contribution in [0.4, 0.5) is 0 Å². The molecule has 24 heteroatoms. The molecule has 0 bridgehead atoms. The lowest BCUT2D eigenvalue weighted by molar-refractivity contribution is -0.149. The quantitative estimate of drug-likeness (QED) is 0.0468. The summed E-state index contributed by atoms with van der Waals surface area (Å²) in [6, 6.07) is 0. The molecule has 95 heavy (non-hydrogen) atoms. The third-order valence-electron chi connectivity index (χ3n) is 17.7. The van der Waals surface area contributed by atoms with Gasteiger partial charge in [-0.1, -0.05) is 36.8 Å². The summed E-state index contributed by atoms with van der Waals surface area (Å²) in [5.74, 6) is -1.38. The zero-order valence-corrected chi connectivity index (χ0v) is 57.8. The highest BCUT2D eigenvalue weighted by molar-refractivity contribution is 5.86. The number of allylic oxidation sites excluding steroid dienone is 3. The molecule has 2 N–H and O–H groups in total. The molecule has 6 fully saturated rings. The monoisotopic (exact) mass is 1350 g/mol. The molecule has 0 aromatic carbocycles. The molecule has 24 nitrogen and oxygen atoms in total. The van der Waals surface area contributed by atoms with Crippen molar-refractivity contribution in [3.63, 3.8) is 0 Å². The van der Waals surface area contributed by atoms with Crippen LogP contribution in [0.1, 0.15) is 186 Å². The van der Waals surface area contributed by atoms with Crippen LogP contribution in [0.25, 0.3) is 0 Å². The van der Waals surface area contributed by atoms with Gasteiger partial charge in [0.05, 0.1) is 125 Å². The molecule has 0 spiro atoms. The highest BCUT2D eigenvalue weighted by Crippen LogP contribution is 2.35. The maximum Gasteiger partial charge on any atom is 0.309 e. The predicted molar refractivity (Wildman–Crippen MR) is 349 cm³/mol. The SMILES string of the molecule is C=CCC(=O)OC.C=CCC1CC(C(=O)OC)CCC1=O.C=CCC1CC(C(=O)OC)CCC1=O.COC(=O)C/C=C/C[C@H]1C[C@H](C(=O)OC)CCC1=O.COC(=O)C1CCC(=O)CC1.COC(=O)C1CCC(O)CC1.COC(=O)CCCC[C@H]1C[C@H](C(=O)OC)CC[C@H]1O. The van der Waals surface area contributed by atoms with E-state index in [1.807, 2.05) is 0 Å². The molecule has 6 rings (SSSR count). The number of unbranched alkanes of at least 4 members (excludes halogenated alkanes) is 1. The molecule has 0 radical (unpaired) electrons. The van der Waals surface area contributed by atoms with Crippen LogP contribution in [0, 0.1) is 59.2 Å². The number of Topliss-reactive ketones (excluding diaryl/α,β-unsaturated/α-hetero) is 4. The van der Waals surface area contributed by atoms with Crippen molar-refractivity contribution in [1.29, 1.82) is 0 Å². The molecule has 538 valence electrons. The van der Waals surface area contributed by atoms with Crippen LogP contribution in [-0.4, -0.2) is 163 Å². The average molecular weight is 1350 g/mol. The Balaban J connectivity index is 0.00000111. The van der Waals surface area contributed by atoms with Crippen molar-refractivity contribution in [2.45, 2.75) is 198 Å². The van der Waals surface area contributed by atoms with E-state index in [4.69, 9.17) is 14.6 Å². The molecule has 0 aromatic heterocycles. The Labute approximate surface area is 561 Å². The molecule has 0 saturated heterocycles. The van der Waals surface area contributed by atoms with E-state index in [2.05, 4.69) is 52.9 Å². The van der Waals surface area contributed by atoms with Gasteiger partial charge in [0, 0.05) is 56.3 Å². The second-order valence-electron chi connectivity index (χ2n) is 24.1. The summed E-state index contributed by atoms with van der Waals surface area (Å²) in [7, 11) is 12.4. The van der Waals surface area contributed by atoms with Gasteiger partial charge in [0.25, 0.3) is 0 Å². The lowest BCUT2D eigenvalue weighted by Gasteiger charge is -2.32. The van der Waals surface area contributed by atoms with Gasteiger partial charge in [-0.15, -0.1) is 19.7 Å². The lowest BCUT2D eigenvalue weighted by atomic mass is 9.77. The number of aliphatic hydroxyl groups is 2. The van der Waals surface area contributed by atoms with Gasteiger partial charge in [-0.05, 0) is 134 Å². The number of hydrogen-bond donors (Lipinski definition) is 2. The molecule has 0 heterocycles. The van der Waals surface area contributed by atoms with Crippen LogP contribution in [0.3, 0.4) is 0 Å². The van der Waals surface area contributed by atoms with Gasteiger partial charge in [0.1, 0.15) is 23.1 Å². The van der Waals surface area contributed by atoms with Crippen molar-refractivity contribution in [3.05, 3.63) is 50.1 Å². The van der Waals surface area contributed by atoms with Crippen molar-refractivity contribution in [2.24, 2.45) is 59.2 Å². The number of ether oxygens (including phenoxy) is 9. The van der Waals surface area contributed by atoms with Crippen LogP contribution >= 0.6 is 0 Å². The first-order valence-electron chi connectivity index (χ1n) is 32.9. The van der Waals surface area contributed by atoms with E-state index in [1.54, 1.807) is 24.3 Å². The first kappa shape index (κ1) is 87.8. The van der Waals surface area contributed by atoms with Gasteiger partial charge < -0.3 is 52.8 Å². The second kappa shape index (κ2) is 52.0. The number of esters is 9. The number of methoxy groups -OCH3 is 9. The average Bonchev–Trinajstić information content (AvgIpc) is 1.11. The molecule has 0 aliphatic heterocycles. The summed E-state index contributed by atoms with van der Waals surface area (Å²) >= 11 is 0. The molecule has 9 atom stereocenters. The van der Waals surface area contributed by atoms with Crippen LogP contribution in [0.5, 0.6) is 0 Å². The molecule has 0 aromatic rings. The number of carbonyl (C=O) groups excluding carboxylic acids is 13. The smallest absolute Gasteiger partial charge is 0.309 e. The number of rotatable bonds is 21. The molecular weight excluding hydrogens is 1240 g/mol. The van der Waals surface area contributed by atoms with E-state index in [1.165, 1.54) is 70.1 Å². The van der Waals surface area contributed by atoms with E-state index < -0.39 is 0 Å². The summed E-state index contributed by atoms with van der Waals surface area (Å²) in [6.07, 6.45) is 25.8. The van der Waals surface area contributed by atoms with Gasteiger partial charge in [0.15, 0.2) is 0 Å². The second-order valence-corrected chi connectivity index (χ2v) is 24.1. The third-order valence-corrected chi connectivity index (χ3v) is 17.7. The molecule has 6 aliphatic carbocycles. The first-order chi connectivity index (χ1) is 45.3. The summed E-state index contributed by atoms with van der Waals surface area (Å²) in [5.41, 5.74) is 0. The first-order valence-corrected chi connectivity index (χ1v) is 32.9. The normalized spacial score (nSPS) is 24.5. The topological polar surface area (TPSA) is 345 Å². The van der Waals surface area contributed by atoms with E-state index >= 15 is 0 Å². The number of carbonyl (C=O) groups is 13. The van der Waals surface area contributed by atoms with Gasteiger partial charge in [-0.2, -0.15) is 0 Å². The Hall–Kier alpha value is -7.21. The highest BCUT2D eigenvalue weighted by atomic mass is 16.6. The van der Waals surface area contributed by atoms with Crippen LogP contribution in [0.2, 0.25) is 0 Å². The van der Waals surface area contributed by atoms with Crippen LogP contribution in [0.15, 0.2) is 50.1 Å². The van der Waals surface area contributed by atoms with E-state index in [0.29, 0.717) is 135 Å². The fourth-order valence-corrected chi connectivity index (χ4v) is 11.8. The minimum atomic E-state index is -0.334.